The van der Waals surface area contributed by atoms with Crippen molar-refractivity contribution in [1.29, 1.82) is 0 Å². The first-order chi connectivity index (χ1) is 6.18. The first-order valence-electron chi connectivity index (χ1n) is 5.29. The van der Waals surface area contributed by atoms with Crippen LogP contribution in [-0.4, -0.2) is 17.5 Å². The molecule has 0 unspecified atom stereocenters. The van der Waals surface area contributed by atoms with Crippen LogP contribution < -0.4 is 0 Å². The second kappa shape index (κ2) is 14.2. The van der Waals surface area contributed by atoms with Crippen molar-refractivity contribution >= 4 is 5.78 Å². The maximum atomic E-state index is 10.3. The fourth-order valence-electron chi connectivity index (χ4n) is 0.782. The van der Waals surface area contributed by atoms with Gasteiger partial charge in [0.25, 0.3) is 0 Å². The van der Waals surface area contributed by atoms with Crippen LogP contribution in [0, 0.1) is 0 Å². The fourth-order valence-corrected chi connectivity index (χ4v) is 0.782. The van der Waals surface area contributed by atoms with E-state index >= 15 is 0 Å². The summed E-state index contributed by atoms with van der Waals surface area (Å²) in [4.78, 5) is 10.3. The molecule has 0 aliphatic rings. The lowest BCUT2D eigenvalue weighted by molar-refractivity contribution is -0.117. The monoisotopic (exact) mass is 188 g/mol. The minimum atomic E-state index is 0.318. The Morgan fingerprint density at radius 1 is 1.08 bits per heavy atom. The highest BCUT2D eigenvalue weighted by molar-refractivity contribution is 5.75. The van der Waals surface area contributed by atoms with Crippen LogP contribution in [0.5, 0.6) is 0 Å². The Morgan fingerprint density at radius 3 is 1.85 bits per heavy atom. The number of aliphatic hydroxyl groups excluding tert-OH is 1. The SMILES string of the molecule is CCCCCC(C)=O.CCCCO. The molecule has 0 bridgehead atoms. The summed E-state index contributed by atoms with van der Waals surface area (Å²) in [5.74, 6) is 0.318. The molecule has 2 heteroatoms. The molecular formula is C11H24O2. The Bertz CT molecular complexity index is 98.3. The van der Waals surface area contributed by atoms with E-state index in [4.69, 9.17) is 5.11 Å². The van der Waals surface area contributed by atoms with Crippen molar-refractivity contribution in [2.24, 2.45) is 0 Å². The van der Waals surface area contributed by atoms with Crippen LogP contribution in [0.3, 0.4) is 0 Å². The van der Waals surface area contributed by atoms with Gasteiger partial charge in [-0.15, -0.1) is 0 Å². The second-order valence-electron chi connectivity index (χ2n) is 3.24. The van der Waals surface area contributed by atoms with Crippen LogP contribution in [0.25, 0.3) is 0 Å². The first-order valence-corrected chi connectivity index (χ1v) is 5.29. The van der Waals surface area contributed by atoms with Gasteiger partial charge in [-0.1, -0.05) is 33.1 Å². The molecule has 0 heterocycles. The zero-order valence-corrected chi connectivity index (χ0v) is 9.31. The van der Waals surface area contributed by atoms with Crippen molar-refractivity contribution in [2.75, 3.05) is 6.61 Å². The van der Waals surface area contributed by atoms with E-state index in [0.717, 1.165) is 25.7 Å². The van der Waals surface area contributed by atoms with Crippen LogP contribution >= 0.6 is 0 Å². The van der Waals surface area contributed by atoms with E-state index in [1.165, 1.54) is 12.8 Å². The van der Waals surface area contributed by atoms with Crippen LogP contribution in [0.4, 0.5) is 0 Å². The zero-order chi connectivity index (χ0) is 10.5. The summed E-state index contributed by atoms with van der Waals surface area (Å²) < 4.78 is 0. The maximum absolute atomic E-state index is 10.3. The average Bonchev–Trinajstić information content (AvgIpc) is 2.07. The molecule has 13 heavy (non-hydrogen) atoms. The topological polar surface area (TPSA) is 37.3 Å². The molecule has 0 saturated heterocycles. The molecule has 1 N–H and O–H groups in total. The highest BCUT2D eigenvalue weighted by Gasteiger charge is 1.89. The molecular weight excluding hydrogens is 164 g/mol. The summed E-state index contributed by atoms with van der Waals surface area (Å²) in [7, 11) is 0. The molecule has 80 valence electrons. The summed E-state index contributed by atoms with van der Waals surface area (Å²) in [5.41, 5.74) is 0. The third-order valence-electron chi connectivity index (χ3n) is 1.64. The third-order valence-corrected chi connectivity index (χ3v) is 1.64. The molecule has 0 fully saturated rings. The molecule has 0 aromatic heterocycles. The molecule has 2 nitrogen and oxygen atoms in total. The van der Waals surface area contributed by atoms with Gasteiger partial charge in [0.05, 0.1) is 0 Å². The van der Waals surface area contributed by atoms with Gasteiger partial charge in [0.15, 0.2) is 0 Å². The standard InChI is InChI=1S/C7H14O.C4H10O/c1-3-4-5-6-7(2)8;1-2-3-4-5/h3-6H2,1-2H3;5H,2-4H2,1H3. The van der Waals surface area contributed by atoms with E-state index in [2.05, 4.69) is 13.8 Å². The summed E-state index contributed by atoms with van der Waals surface area (Å²) in [5, 5.41) is 8.07. The molecule has 0 aliphatic heterocycles. The zero-order valence-electron chi connectivity index (χ0n) is 9.31. The normalized spacial score (nSPS) is 8.92. The highest BCUT2D eigenvalue weighted by atomic mass is 16.2. The van der Waals surface area contributed by atoms with E-state index in [1.807, 2.05) is 0 Å². The van der Waals surface area contributed by atoms with E-state index < -0.39 is 0 Å². The Labute approximate surface area is 82.4 Å². The fraction of sp³-hybridized carbons (Fsp3) is 0.909. The van der Waals surface area contributed by atoms with Crippen molar-refractivity contribution in [3.05, 3.63) is 0 Å². The number of unbranched alkanes of at least 4 members (excludes halogenated alkanes) is 3. The predicted octanol–water partition coefficient (Wildman–Crippen LogP) is 2.93. The van der Waals surface area contributed by atoms with Gasteiger partial charge >= 0.3 is 0 Å². The van der Waals surface area contributed by atoms with Gasteiger partial charge in [-0.05, 0) is 19.8 Å². The maximum Gasteiger partial charge on any atom is 0.129 e. The molecule has 0 saturated carbocycles. The molecule has 0 radical (unpaired) electrons. The van der Waals surface area contributed by atoms with Gasteiger partial charge in [0.2, 0.25) is 0 Å². The highest BCUT2D eigenvalue weighted by Crippen LogP contribution is 1.98. The Kier molecular flexibility index (Phi) is 16.5. The number of aliphatic hydroxyl groups is 1. The van der Waals surface area contributed by atoms with E-state index in [1.54, 1.807) is 6.92 Å². The second-order valence-corrected chi connectivity index (χ2v) is 3.24. The minimum Gasteiger partial charge on any atom is -0.396 e. The summed E-state index contributed by atoms with van der Waals surface area (Å²) in [6.45, 7) is 6.18. The molecule has 0 aromatic carbocycles. The Morgan fingerprint density at radius 2 is 1.62 bits per heavy atom. The van der Waals surface area contributed by atoms with Crippen molar-refractivity contribution < 1.29 is 9.90 Å². The Balaban J connectivity index is 0. The molecule has 0 rings (SSSR count). The summed E-state index contributed by atoms with van der Waals surface area (Å²) in [6, 6.07) is 0. The number of ketones is 1. The lowest BCUT2D eigenvalue weighted by Crippen LogP contribution is -1.87. The number of carbonyl (C=O) groups is 1. The van der Waals surface area contributed by atoms with Crippen LogP contribution in [0.2, 0.25) is 0 Å². The molecule has 0 amide bonds. The average molecular weight is 188 g/mol. The van der Waals surface area contributed by atoms with Crippen molar-refractivity contribution in [1.82, 2.24) is 0 Å². The summed E-state index contributed by atoms with van der Waals surface area (Å²) in [6.07, 6.45) is 6.28. The Hall–Kier alpha value is -0.370. The van der Waals surface area contributed by atoms with Crippen LogP contribution in [0.1, 0.15) is 59.3 Å². The van der Waals surface area contributed by atoms with Gasteiger partial charge in [0, 0.05) is 13.0 Å². The lowest BCUT2D eigenvalue weighted by Gasteiger charge is -1.90. The number of Topliss-reactive ketones (excluding diaryl/α,β-unsaturated/α-hetero) is 1. The number of hydrogen-bond acceptors (Lipinski definition) is 2. The molecule has 0 aromatic rings. The van der Waals surface area contributed by atoms with E-state index in [0.29, 0.717) is 12.4 Å². The van der Waals surface area contributed by atoms with Gasteiger partial charge in [-0.2, -0.15) is 0 Å². The number of rotatable bonds is 6. The van der Waals surface area contributed by atoms with Gasteiger partial charge in [0.1, 0.15) is 5.78 Å². The van der Waals surface area contributed by atoms with Crippen molar-refractivity contribution in [2.45, 2.75) is 59.3 Å². The quantitative estimate of drug-likeness (QED) is 0.651. The molecule has 0 aliphatic carbocycles. The predicted molar refractivity (Wildman–Crippen MR) is 56.8 cm³/mol. The summed E-state index contributed by atoms with van der Waals surface area (Å²) >= 11 is 0. The number of carbonyl (C=O) groups excluding carboxylic acids is 1. The smallest absolute Gasteiger partial charge is 0.129 e. The van der Waals surface area contributed by atoms with Gasteiger partial charge < -0.3 is 9.90 Å². The van der Waals surface area contributed by atoms with E-state index in [-0.39, 0.29) is 0 Å². The minimum absolute atomic E-state index is 0.318. The van der Waals surface area contributed by atoms with Crippen LogP contribution in [0.15, 0.2) is 0 Å². The van der Waals surface area contributed by atoms with Crippen LogP contribution in [-0.2, 0) is 4.79 Å². The van der Waals surface area contributed by atoms with Crippen molar-refractivity contribution in [3.63, 3.8) is 0 Å². The molecule has 0 spiro atoms. The van der Waals surface area contributed by atoms with Gasteiger partial charge in [-0.25, -0.2) is 0 Å². The van der Waals surface area contributed by atoms with Gasteiger partial charge in [-0.3, -0.25) is 0 Å². The third kappa shape index (κ3) is 24.5. The lowest BCUT2D eigenvalue weighted by atomic mass is 10.2. The first kappa shape index (κ1) is 15.1. The van der Waals surface area contributed by atoms with Crippen molar-refractivity contribution in [3.8, 4) is 0 Å². The number of hydrogen-bond donors (Lipinski definition) is 1. The molecule has 0 atom stereocenters. The van der Waals surface area contributed by atoms with E-state index in [9.17, 15) is 4.79 Å². The largest absolute Gasteiger partial charge is 0.396 e.